The maximum absolute atomic E-state index is 11.0. The zero-order chi connectivity index (χ0) is 11.9. The number of nitrogens with zero attached hydrogens (tertiary/aromatic N) is 2. The van der Waals surface area contributed by atoms with Gasteiger partial charge in [0.15, 0.2) is 0 Å². The molecular weight excluding hydrogens is 240 g/mol. The van der Waals surface area contributed by atoms with Gasteiger partial charge in [0.1, 0.15) is 5.82 Å². The predicted molar refractivity (Wildman–Crippen MR) is 67.7 cm³/mol. The van der Waals surface area contributed by atoms with Crippen LogP contribution in [0.4, 0.5) is 0 Å². The fourth-order valence-electron chi connectivity index (χ4n) is 2.46. The average Bonchev–Trinajstić information content (AvgIpc) is 2.55. The SMILES string of the molecule is CC(C)c1nc2c(n1C)CCC(C(=O)O)C2.Cl. The van der Waals surface area contributed by atoms with Gasteiger partial charge < -0.3 is 9.67 Å². The van der Waals surface area contributed by atoms with Crippen molar-refractivity contribution in [3.05, 3.63) is 17.2 Å². The molecule has 17 heavy (non-hydrogen) atoms. The summed E-state index contributed by atoms with van der Waals surface area (Å²) in [6.07, 6.45) is 2.16. The van der Waals surface area contributed by atoms with Crippen molar-refractivity contribution in [1.82, 2.24) is 9.55 Å². The number of rotatable bonds is 2. The molecule has 1 heterocycles. The minimum atomic E-state index is -0.692. The Hall–Kier alpha value is -1.03. The molecule has 0 saturated heterocycles. The van der Waals surface area contributed by atoms with Crippen LogP contribution in [0, 0.1) is 5.92 Å². The lowest BCUT2D eigenvalue weighted by atomic mass is 9.90. The normalized spacial score (nSPS) is 18.7. The summed E-state index contributed by atoms with van der Waals surface area (Å²) in [5.74, 6) is 0.514. The van der Waals surface area contributed by atoms with Gasteiger partial charge in [-0.25, -0.2) is 4.98 Å². The fourth-order valence-corrected chi connectivity index (χ4v) is 2.46. The number of hydrogen-bond donors (Lipinski definition) is 1. The number of imidazole rings is 1. The molecule has 0 spiro atoms. The molecule has 96 valence electrons. The van der Waals surface area contributed by atoms with E-state index in [0.717, 1.165) is 24.4 Å². The minimum Gasteiger partial charge on any atom is -0.481 e. The number of hydrogen-bond acceptors (Lipinski definition) is 2. The summed E-state index contributed by atoms with van der Waals surface area (Å²) in [5, 5.41) is 9.01. The van der Waals surface area contributed by atoms with E-state index >= 15 is 0 Å². The van der Waals surface area contributed by atoms with Crippen LogP contribution in [-0.4, -0.2) is 20.6 Å². The lowest BCUT2D eigenvalue weighted by Crippen LogP contribution is -2.22. The van der Waals surface area contributed by atoms with Crippen LogP contribution >= 0.6 is 12.4 Å². The van der Waals surface area contributed by atoms with Crippen molar-refractivity contribution in [1.29, 1.82) is 0 Å². The van der Waals surface area contributed by atoms with E-state index in [-0.39, 0.29) is 18.3 Å². The molecule has 0 fully saturated rings. The molecule has 0 bridgehead atoms. The van der Waals surface area contributed by atoms with Crippen LogP contribution in [0.1, 0.15) is 43.4 Å². The molecule has 5 heteroatoms. The van der Waals surface area contributed by atoms with Crippen molar-refractivity contribution in [2.45, 2.75) is 39.0 Å². The molecule has 0 amide bonds. The van der Waals surface area contributed by atoms with Crippen LogP contribution < -0.4 is 0 Å². The number of carboxylic acids is 1. The van der Waals surface area contributed by atoms with Gasteiger partial charge in [0.05, 0.1) is 11.6 Å². The van der Waals surface area contributed by atoms with Crippen molar-refractivity contribution in [3.63, 3.8) is 0 Å². The van der Waals surface area contributed by atoms with E-state index < -0.39 is 5.97 Å². The first kappa shape index (κ1) is 14.0. The Morgan fingerprint density at radius 3 is 2.71 bits per heavy atom. The molecule has 0 saturated carbocycles. The van der Waals surface area contributed by atoms with E-state index in [9.17, 15) is 4.79 Å². The topological polar surface area (TPSA) is 55.1 Å². The Balaban J connectivity index is 0.00000144. The van der Waals surface area contributed by atoms with Crippen molar-refractivity contribution in [3.8, 4) is 0 Å². The molecule has 1 unspecified atom stereocenters. The number of aromatic nitrogens is 2. The largest absolute Gasteiger partial charge is 0.481 e. The highest BCUT2D eigenvalue weighted by Crippen LogP contribution is 2.27. The molecule has 0 aliphatic heterocycles. The Labute approximate surface area is 107 Å². The first-order valence-corrected chi connectivity index (χ1v) is 5.78. The van der Waals surface area contributed by atoms with Crippen LogP contribution in [0.2, 0.25) is 0 Å². The van der Waals surface area contributed by atoms with Crippen molar-refractivity contribution >= 4 is 18.4 Å². The average molecular weight is 259 g/mol. The Morgan fingerprint density at radius 1 is 1.53 bits per heavy atom. The molecule has 1 N–H and O–H groups in total. The molecule has 1 aliphatic carbocycles. The number of carbonyl (C=O) groups is 1. The van der Waals surface area contributed by atoms with Gasteiger partial charge in [0, 0.05) is 25.1 Å². The van der Waals surface area contributed by atoms with Crippen molar-refractivity contribution in [2.75, 3.05) is 0 Å². The molecule has 1 aromatic heterocycles. The summed E-state index contributed by atoms with van der Waals surface area (Å²) in [5.41, 5.74) is 2.21. The quantitative estimate of drug-likeness (QED) is 0.884. The first-order valence-electron chi connectivity index (χ1n) is 5.78. The zero-order valence-corrected chi connectivity index (χ0v) is 11.3. The van der Waals surface area contributed by atoms with Gasteiger partial charge >= 0.3 is 5.97 Å². The molecule has 4 nitrogen and oxygen atoms in total. The first-order chi connectivity index (χ1) is 7.50. The van der Waals surface area contributed by atoms with E-state index in [0.29, 0.717) is 12.3 Å². The molecule has 1 atom stereocenters. The molecule has 0 aromatic carbocycles. The summed E-state index contributed by atoms with van der Waals surface area (Å²) < 4.78 is 2.14. The molecule has 1 aromatic rings. The Morgan fingerprint density at radius 2 is 2.18 bits per heavy atom. The third kappa shape index (κ3) is 2.46. The number of fused-ring (bicyclic) bond motifs is 1. The smallest absolute Gasteiger partial charge is 0.306 e. The third-order valence-corrected chi connectivity index (χ3v) is 3.37. The van der Waals surface area contributed by atoms with Gasteiger partial charge in [-0.2, -0.15) is 0 Å². The van der Waals surface area contributed by atoms with Crippen molar-refractivity contribution in [2.24, 2.45) is 13.0 Å². The van der Waals surface area contributed by atoms with E-state index in [4.69, 9.17) is 5.11 Å². The second-order valence-corrected chi connectivity index (χ2v) is 4.86. The summed E-state index contributed by atoms with van der Waals surface area (Å²) in [4.78, 5) is 15.5. The van der Waals surface area contributed by atoms with E-state index in [1.165, 1.54) is 5.69 Å². The number of aliphatic carboxylic acids is 1. The highest BCUT2D eigenvalue weighted by atomic mass is 35.5. The third-order valence-electron chi connectivity index (χ3n) is 3.37. The maximum Gasteiger partial charge on any atom is 0.306 e. The fraction of sp³-hybridized carbons (Fsp3) is 0.667. The second-order valence-electron chi connectivity index (χ2n) is 4.86. The van der Waals surface area contributed by atoms with Gasteiger partial charge in [-0.05, 0) is 12.8 Å². The summed E-state index contributed by atoms with van der Waals surface area (Å²) >= 11 is 0. The monoisotopic (exact) mass is 258 g/mol. The van der Waals surface area contributed by atoms with Crippen LogP contribution in [0.3, 0.4) is 0 Å². The highest BCUT2D eigenvalue weighted by Gasteiger charge is 2.28. The van der Waals surface area contributed by atoms with Gasteiger partial charge in [-0.1, -0.05) is 13.8 Å². The lowest BCUT2D eigenvalue weighted by molar-refractivity contribution is -0.142. The molecule has 0 radical (unpaired) electrons. The van der Waals surface area contributed by atoms with E-state index in [1.807, 2.05) is 7.05 Å². The zero-order valence-electron chi connectivity index (χ0n) is 10.4. The van der Waals surface area contributed by atoms with Gasteiger partial charge in [-0.3, -0.25) is 4.79 Å². The number of halogens is 1. The maximum atomic E-state index is 11.0. The van der Waals surface area contributed by atoms with Crippen molar-refractivity contribution < 1.29 is 9.90 Å². The molecule has 2 rings (SSSR count). The molecule has 1 aliphatic rings. The second kappa shape index (κ2) is 5.08. The van der Waals surface area contributed by atoms with Crippen LogP contribution in [0.5, 0.6) is 0 Å². The van der Waals surface area contributed by atoms with Crippen LogP contribution in [-0.2, 0) is 24.7 Å². The lowest BCUT2D eigenvalue weighted by Gasteiger charge is -2.18. The van der Waals surface area contributed by atoms with Gasteiger partial charge in [0.2, 0.25) is 0 Å². The highest BCUT2D eigenvalue weighted by molar-refractivity contribution is 5.85. The van der Waals surface area contributed by atoms with Gasteiger partial charge in [0.25, 0.3) is 0 Å². The Kier molecular flexibility index (Phi) is 4.20. The minimum absolute atomic E-state index is 0. The molecular formula is C12H19ClN2O2. The van der Waals surface area contributed by atoms with Crippen LogP contribution in [0.15, 0.2) is 0 Å². The summed E-state index contributed by atoms with van der Waals surface area (Å²) in [7, 11) is 2.03. The predicted octanol–water partition coefficient (Wildman–Crippen LogP) is 2.15. The number of carboxylic acid groups (broad SMARTS) is 1. The Bertz CT molecular complexity index is 426. The van der Waals surface area contributed by atoms with Gasteiger partial charge in [-0.15, -0.1) is 12.4 Å². The summed E-state index contributed by atoms with van der Waals surface area (Å²) in [6, 6.07) is 0. The van der Waals surface area contributed by atoms with Crippen LogP contribution in [0.25, 0.3) is 0 Å². The standard InChI is InChI=1S/C12H18N2O2.ClH/c1-7(2)11-13-9-6-8(12(15)16)4-5-10(9)14(11)3;/h7-8H,4-6H2,1-3H3,(H,15,16);1H. The van der Waals surface area contributed by atoms with E-state index in [1.54, 1.807) is 0 Å². The van der Waals surface area contributed by atoms with E-state index in [2.05, 4.69) is 23.4 Å². The summed E-state index contributed by atoms with van der Waals surface area (Å²) in [6.45, 7) is 4.23.